The number of hydrogen-bond acceptors (Lipinski definition) is 5. The smallest absolute Gasteiger partial charge is 0.345 e. The van der Waals surface area contributed by atoms with Crippen molar-refractivity contribution in [2.75, 3.05) is 5.73 Å². The van der Waals surface area contributed by atoms with Crippen molar-refractivity contribution in [3.8, 4) is 0 Å². The van der Waals surface area contributed by atoms with Crippen molar-refractivity contribution in [1.29, 1.82) is 0 Å². The van der Waals surface area contributed by atoms with Crippen LogP contribution in [0.2, 0.25) is 0 Å². The van der Waals surface area contributed by atoms with E-state index in [0.717, 1.165) is 0 Å². The molecule has 0 bridgehead atoms. The summed E-state index contributed by atoms with van der Waals surface area (Å²) in [5.41, 5.74) is 4.06. The van der Waals surface area contributed by atoms with Gasteiger partial charge in [-0.2, -0.15) is 0 Å². The van der Waals surface area contributed by atoms with Gasteiger partial charge >= 0.3 is 11.3 Å². The van der Waals surface area contributed by atoms with E-state index in [-0.39, 0.29) is 16.7 Å². The summed E-state index contributed by atoms with van der Waals surface area (Å²) in [6, 6.07) is 2.71. The molecule has 0 amide bonds. The van der Waals surface area contributed by atoms with Crippen molar-refractivity contribution in [3.05, 3.63) is 36.7 Å². The van der Waals surface area contributed by atoms with Crippen LogP contribution in [0.15, 0.2) is 30.6 Å². The second kappa shape index (κ2) is 3.12. The monoisotopic (exact) mass is 305 g/mol. The van der Waals surface area contributed by atoms with E-state index in [1.807, 2.05) is 0 Å². The van der Waals surface area contributed by atoms with Crippen molar-refractivity contribution < 1.29 is 8.83 Å². The van der Waals surface area contributed by atoms with E-state index in [1.54, 1.807) is 22.6 Å². The first-order valence-corrected chi connectivity index (χ1v) is 4.69. The van der Waals surface area contributed by atoms with Crippen LogP contribution in [0.3, 0.4) is 0 Å². The summed E-state index contributed by atoms with van der Waals surface area (Å²) in [5, 5.41) is 0.319. The summed E-state index contributed by atoms with van der Waals surface area (Å²) in [4.78, 5) is 22.6. The largest absolute Gasteiger partial charge is 0.416 e. The van der Waals surface area contributed by atoms with Crippen molar-refractivity contribution >= 4 is 39.2 Å². The second-order valence-corrected chi connectivity index (χ2v) is 3.66. The van der Waals surface area contributed by atoms with Crippen LogP contribution < -0.4 is 17.0 Å². The zero-order valence-electron chi connectivity index (χ0n) is 6.74. The van der Waals surface area contributed by atoms with Crippen molar-refractivity contribution in [3.63, 3.8) is 0 Å². The zero-order valence-corrected chi connectivity index (χ0v) is 8.90. The molecule has 2 aromatic heterocycles. The average Bonchev–Trinajstić information content (AvgIpc) is 2.07. The third kappa shape index (κ3) is 1.41. The standard InChI is InChI=1S/C8H4INO4/c9-5-1-3-4(7(11)13-5)2-6(10)14-8(3)12/h1-2H,10H2. The van der Waals surface area contributed by atoms with Crippen molar-refractivity contribution in [1.82, 2.24) is 0 Å². The molecule has 0 saturated heterocycles. The Morgan fingerprint density at radius 2 is 1.64 bits per heavy atom. The van der Waals surface area contributed by atoms with E-state index in [9.17, 15) is 9.59 Å². The number of anilines is 1. The number of nitrogen functional groups attached to an aromatic ring is 1. The van der Waals surface area contributed by atoms with E-state index < -0.39 is 11.3 Å². The predicted molar refractivity (Wildman–Crippen MR) is 58.1 cm³/mol. The van der Waals surface area contributed by atoms with Crippen LogP contribution >= 0.6 is 22.6 Å². The molecule has 5 nitrogen and oxygen atoms in total. The van der Waals surface area contributed by atoms with Gasteiger partial charge in [-0.3, -0.25) is 0 Å². The van der Waals surface area contributed by atoms with E-state index in [1.165, 1.54) is 12.1 Å². The first-order chi connectivity index (χ1) is 6.58. The molecule has 0 unspecified atom stereocenters. The highest BCUT2D eigenvalue weighted by Gasteiger charge is 2.08. The SMILES string of the molecule is Nc1cc2c(=O)oc(I)cc2c(=O)o1. The van der Waals surface area contributed by atoms with Gasteiger partial charge in [0, 0.05) is 12.1 Å². The lowest BCUT2D eigenvalue weighted by Crippen LogP contribution is -2.09. The summed E-state index contributed by atoms with van der Waals surface area (Å²) in [6.45, 7) is 0. The minimum Gasteiger partial charge on any atom is -0.416 e. The Kier molecular flexibility index (Phi) is 2.06. The van der Waals surface area contributed by atoms with Crippen LogP contribution in [0, 0.1) is 3.77 Å². The molecule has 14 heavy (non-hydrogen) atoms. The van der Waals surface area contributed by atoms with E-state index >= 15 is 0 Å². The number of fused-ring (bicyclic) bond motifs is 1. The highest BCUT2D eigenvalue weighted by Crippen LogP contribution is 2.12. The zero-order chi connectivity index (χ0) is 10.3. The Balaban J connectivity index is 3.10. The molecule has 2 aromatic rings. The Morgan fingerprint density at radius 3 is 2.36 bits per heavy atom. The van der Waals surface area contributed by atoms with E-state index in [2.05, 4.69) is 4.42 Å². The molecular weight excluding hydrogens is 301 g/mol. The Bertz CT molecular complexity index is 557. The molecule has 0 aliphatic heterocycles. The van der Waals surface area contributed by atoms with Crippen LogP contribution in [-0.2, 0) is 0 Å². The quantitative estimate of drug-likeness (QED) is 0.732. The molecule has 72 valence electrons. The van der Waals surface area contributed by atoms with E-state index in [0.29, 0.717) is 3.77 Å². The summed E-state index contributed by atoms with van der Waals surface area (Å²) in [5.74, 6) is -0.101. The average molecular weight is 305 g/mol. The lowest BCUT2D eigenvalue weighted by atomic mass is 10.2. The first-order valence-electron chi connectivity index (χ1n) is 3.61. The van der Waals surface area contributed by atoms with Crippen LogP contribution in [0.1, 0.15) is 0 Å². The summed E-state index contributed by atoms with van der Waals surface area (Å²) in [6.07, 6.45) is 0. The maximum atomic E-state index is 11.3. The topological polar surface area (TPSA) is 86.4 Å². The lowest BCUT2D eigenvalue weighted by Gasteiger charge is -1.96. The predicted octanol–water partition coefficient (Wildman–Crippen LogP) is 0.933. The fourth-order valence-corrected chi connectivity index (χ4v) is 1.62. The molecule has 6 heteroatoms. The Morgan fingerprint density at radius 1 is 1.07 bits per heavy atom. The maximum absolute atomic E-state index is 11.3. The molecule has 0 aliphatic carbocycles. The van der Waals surface area contributed by atoms with Gasteiger partial charge in [0.1, 0.15) is 0 Å². The number of rotatable bonds is 0. The summed E-state index contributed by atoms with van der Waals surface area (Å²) < 4.78 is 9.76. The molecule has 2 heterocycles. The summed E-state index contributed by atoms with van der Waals surface area (Å²) >= 11 is 1.80. The van der Waals surface area contributed by atoms with Gasteiger partial charge in [0.2, 0.25) is 0 Å². The molecule has 0 atom stereocenters. The van der Waals surface area contributed by atoms with Crippen LogP contribution in [-0.4, -0.2) is 0 Å². The molecule has 0 radical (unpaired) electrons. The van der Waals surface area contributed by atoms with Gasteiger partial charge in [0.15, 0.2) is 9.65 Å². The number of nitrogens with two attached hydrogens (primary N) is 1. The van der Waals surface area contributed by atoms with Gasteiger partial charge in [0.05, 0.1) is 10.8 Å². The third-order valence-electron chi connectivity index (χ3n) is 1.68. The maximum Gasteiger partial charge on any atom is 0.345 e. The minimum atomic E-state index is -0.634. The highest BCUT2D eigenvalue weighted by atomic mass is 127. The molecular formula is C8H4INO4. The minimum absolute atomic E-state index is 0.101. The van der Waals surface area contributed by atoms with Crippen molar-refractivity contribution in [2.24, 2.45) is 0 Å². The fraction of sp³-hybridized carbons (Fsp3) is 0. The first kappa shape index (κ1) is 9.25. The molecule has 0 saturated carbocycles. The summed E-state index contributed by atoms with van der Waals surface area (Å²) in [7, 11) is 0. The van der Waals surface area contributed by atoms with Crippen LogP contribution in [0.25, 0.3) is 10.8 Å². The highest BCUT2D eigenvalue weighted by molar-refractivity contribution is 14.1. The third-order valence-corrected chi connectivity index (χ3v) is 2.21. The van der Waals surface area contributed by atoms with Gasteiger partial charge in [0.25, 0.3) is 0 Å². The van der Waals surface area contributed by atoms with Gasteiger partial charge in [-0.1, -0.05) is 0 Å². The Hall–Kier alpha value is -1.31. The van der Waals surface area contributed by atoms with Gasteiger partial charge < -0.3 is 14.6 Å². The van der Waals surface area contributed by atoms with Crippen molar-refractivity contribution in [2.45, 2.75) is 0 Å². The van der Waals surface area contributed by atoms with Crippen LogP contribution in [0.5, 0.6) is 0 Å². The molecule has 0 spiro atoms. The van der Waals surface area contributed by atoms with Gasteiger partial charge in [-0.05, 0) is 22.6 Å². The number of halogens is 1. The normalized spacial score (nSPS) is 10.6. The van der Waals surface area contributed by atoms with E-state index in [4.69, 9.17) is 10.2 Å². The lowest BCUT2D eigenvalue weighted by molar-refractivity contribution is 0.487. The number of hydrogen-bond donors (Lipinski definition) is 1. The fourth-order valence-electron chi connectivity index (χ4n) is 1.11. The molecule has 0 aliphatic rings. The van der Waals surface area contributed by atoms with Gasteiger partial charge in [-0.15, -0.1) is 0 Å². The Labute approximate surface area is 90.6 Å². The molecule has 0 fully saturated rings. The second-order valence-electron chi connectivity index (χ2n) is 2.60. The van der Waals surface area contributed by atoms with Crippen LogP contribution in [0.4, 0.5) is 5.88 Å². The van der Waals surface area contributed by atoms with Gasteiger partial charge in [-0.25, -0.2) is 9.59 Å². The molecule has 2 N–H and O–H groups in total. The molecule has 2 rings (SSSR count). The molecule has 0 aromatic carbocycles.